The maximum absolute atomic E-state index is 13.4. The van der Waals surface area contributed by atoms with Crippen LogP contribution in [-0.4, -0.2) is 15.0 Å². The molecular weight excluding hydrogens is 378 g/mol. The molecule has 0 radical (unpaired) electrons. The van der Waals surface area contributed by atoms with E-state index in [1.807, 2.05) is 62.4 Å². The molecule has 0 fully saturated rings. The summed E-state index contributed by atoms with van der Waals surface area (Å²) in [5.74, 6) is 0. The largest absolute Gasteiger partial charge is 0.264 e. The van der Waals surface area contributed by atoms with Gasteiger partial charge in [0, 0.05) is 5.56 Å². The van der Waals surface area contributed by atoms with Gasteiger partial charge in [0.05, 0.1) is 17.1 Å². The Morgan fingerprint density at radius 2 is 1.45 bits per heavy atom. The Balaban J connectivity index is 2.11. The Bertz CT molecular complexity index is 1130. The maximum atomic E-state index is 13.4. The van der Waals surface area contributed by atoms with Gasteiger partial charge in [-0.25, -0.2) is 8.42 Å². The van der Waals surface area contributed by atoms with Gasteiger partial charge in [-0.05, 0) is 43.2 Å². The average molecular weight is 404 g/mol. The summed E-state index contributed by atoms with van der Waals surface area (Å²) in [5.41, 5.74) is 5.24. The van der Waals surface area contributed by atoms with Crippen LogP contribution in [0.3, 0.4) is 0 Å². The molecule has 0 aliphatic heterocycles. The lowest BCUT2D eigenvalue weighted by atomic mass is 9.97. The fourth-order valence-corrected chi connectivity index (χ4v) is 4.59. The number of hydrogen-bond donors (Lipinski definition) is 0. The second kappa shape index (κ2) is 8.50. The average Bonchev–Trinajstić information content (AvgIpc) is 2.72. The minimum atomic E-state index is -3.76. The molecule has 3 aromatic carbocycles. The van der Waals surface area contributed by atoms with Crippen molar-refractivity contribution in [2.45, 2.75) is 18.7 Å². The van der Waals surface area contributed by atoms with Crippen molar-refractivity contribution in [2.75, 3.05) is 10.8 Å². The van der Waals surface area contributed by atoms with E-state index in [0.717, 1.165) is 27.8 Å². The summed E-state index contributed by atoms with van der Waals surface area (Å²) in [6.45, 7) is 12.1. The minimum Gasteiger partial charge on any atom is -0.262 e. The van der Waals surface area contributed by atoms with Crippen LogP contribution in [0.15, 0.2) is 96.9 Å². The van der Waals surface area contributed by atoms with Gasteiger partial charge in [0.25, 0.3) is 10.0 Å². The number of sulfonamides is 1. The summed E-state index contributed by atoms with van der Waals surface area (Å²) >= 11 is 0. The molecule has 0 saturated heterocycles. The molecule has 3 nitrogen and oxygen atoms in total. The summed E-state index contributed by atoms with van der Waals surface area (Å²) < 4.78 is 28.3. The predicted molar refractivity (Wildman–Crippen MR) is 122 cm³/mol. The van der Waals surface area contributed by atoms with Crippen molar-refractivity contribution in [3.63, 3.8) is 0 Å². The zero-order valence-electron chi connectivity index (χ0n) is 16.8. The monoisotopic (exact) mass is 403 g/mol. The van der Waals surface area contributed by atoms with E-state index >= 15 is 0 Å². The van der Waals surface area contributed by atoms with Gasteiger partial charge < -0.3 is 0 Å². The summed E-state index contributed by atoms with van der Waals surface area (Å²) in [6.07, 6.45) is 1.59. The third-order valence-electron chi connectivity index (χ3n) is 4.80. The third kappa shape index (κ3) is 4.33. The minimum absolute atomic E-state index is 0.161. The maximum Gasteiger partial charge on any atom is 0.264 e. The van der Waals surface area contributed by atoms with Gasteiger partial charge >= 0.3 is 0 Å². The van der Waals surface area contributed by atoms with Crippen molar-refractivity contribution in [1.29, 1.82) is 0 Å². The number of nitrogens with zero attached hydrogens (tertiary/aromatic N) is 1. The first kappa shape index (κ1) is 20.6. The third-order valence-corrected chi connectivity index (χ3v) is 6.60. The number of hydrogen-bond acceptors (Lipinski definition) is 2. The van der Waals surface area contributed by atoms with E-state index in [1.165, 1.54) is 4.31 Å². The molecule has 0 saturated carbocycles. The van der Waals surface area contributed by atoms with Crippen LogP contribution in [0.25, 0.3) is 5.57 Å². The van der Waals surface area contributed by atoms with Crippen LogP contribution in [0.1, 0.15) is 22.3 Å². The highest BCUT2D eigenvalue weighted by Crippen LogP contribution is 2.33. The van der Waals surface area contributed by atoms with Crippen molar-refractivity contribution in [3.8, 4) is 0 Å². The first-order valence-electron chi connectivity index (χ1n) is 9.40. The zero-order chi connectivity index (χ0) is 21.0. The summed E-state index contributed by atoms with van der Waals surface area (Å²) in [5, 5.41) is 0. The van der Waals surface area contributed by atoms with Crippen molar-refractivity contribution in [3.05, 3.63) is 114 Å². The van der Waals surface area contributed by atoms with Gasteiger partial charge in [0.2, 0.25) is 0 Å². The van der Waals surface area contributed by atoms with Gasteiger partial charge in [-0.1, -0.05) is 78.4 Å². The molecule has 0 heterocycles. The Kier molecular flexibility index (Phi) is 6.04. The molecule has 0 aliphatic rings. The molecule has 3 rings (SSSR count). The molecule has 3 aromatic rings. The lowest BCUT2D eigenvalue weighted by molar-refractivity contribution is 0.593. The van der Waals surface area contributed by atoms with Crippen LogP contribution in [0, 0.1) is 13.8 Å². The molecule has 4 heteroatoms. The van der Waals surface area contributed by atoms with Crippen LogP contribution in [-0.2, 0) is 10.0 Å². The van der Waals surface area contributed by atoms with E-state index in [1.54, 1.807) is 30.3 Å². The first-order valence-corrected chi connectivity index (χ1v) is 10.8. The van der Waals surface area contributed by atoms with Crippen LogP contribution in [0.5, 0.6) is 0 Å². The first-order chi connectivity index (χ1) is 13.8. The van der Waals surface area contributed by atoms with E-state index in [9.17, 15) is 8.42 Å². The molecule has 0 aliphatic carbocycles. The summed E-state index contributed by atoms with van der Waals surface area (Å²) in [7, 11) is -3.76. The lowest BCUT2D eigenvalue weighted by Gasteiger charge is -2.26. The predicted octanol–water partition coefficient (Wildman–Crippen LogP) is 5.75. The molecule has 148 valence electrons. The molecule has 0 amide bonds. The molecule has 0 aromatic heterocycles. The van der Waals surface area contributed by atoms with Crippen molar-refractivity contribution in [1.82, 2.24) is 0 Å². The van der Waals surface area contributed by atoms with Crippen molar-refractivity contribution < 1.29 is 8.42 Å². The Hall–Kier alpha value is -3.11. The van der Waals surface area contributed by atoms with Crippen molar-refractivity contribution in [2.24, 2.45) is 0 Å². The van der Waals surface area contributed by atoms with E-state index in [0.29, 0.717) is 5.69 Å². The smallest absolute Gasteiger partial charge is 0.262 e. The van der Waals surface area contributed by atoms with Gasteiger partial charge in [0.15, 0.2) is 0 Å². The van der Waals surface area contributed by atoms with Crippen LogP contribution in [0.2, 0.25) is 0 Å². The Morgan fingerprint density at radius 3 is 2.03 bits per heavy atom. The van der Waals surface area contributed by atoms with Crippen molar-refractivity contribution >= 4 is 21.3 Å². The standard InChI is InChI=1S/C25H25NO2S/c1-5-18-26(29(27,28)23-16-12-20(3)13-17-23)25-9-7-6-8-24(25)21(4)22-14-10-19(2)11-15-22/h5-17H,1,4,18H2,2-3H3. The Morgan fingerprint density at radius 1 is 0.897 bits per heavy atom. The molecule has 0 bridgehead atoms. The SMILES string of the molecule is C=CCN(c1ccccc1C(=C)c1ccc(C)cc1)S(=O)(=O)c1ccc(C)cc1. The summed E-state index contributed by atoms with van der Waals surface area (Å²) in [4.78, 5) is 0.251. The zero-order valence-corrected chi connectivity index (χ0v) is 17.6. The molecule has 29 heavy (non-hydrogen) atoms. The van der Waals surface area contributed by atoms with E-state index in [4.69, 9.17) is 0 Å². The second-order valence-electron chi connectivity index (χ2n) is 7.00. The highest BCUT2D eigenvalue weighted by atomic mass is 32.2. The Labute approximate surface area is 173 Å². The van der Waals surface area contributed by atoms with Gasteiger partial charge in [-0.3, -0.25) is 4.31 Å². The fourth-order valence-electron chi connectivity index (χ4n) is 3.14. The highest BCUT2D eigenvalue weighted by Gasteiger charge is 2.26. The van der Waals surface area contributed by atoms with Gasteiger partial charge in [-0.2, -0.15) is 0 Å². The summed E-state index contributed by atoms with van der Waals surface area (Å²) in [6, 6.07) is 22.4. The number of anilines is 1. The van der Waals surface area contributed by atoms with E-state index < -0.39 is 10.0 Å². The molecule has 0 atom stereocenters. The van der Waals surface area contributed by atoms with Gasteiger partial charge in [0.1, 0.15) is 0 Å². The van der Waals surface area contributed by atoms with Crippen LogP contribution >= 0.6 is 0 Å². The second-order valence-corrected chi connectivity index (χ2v) is 8.86. The van der Waals surface area contributed by atoms with E-state index in [2.05, 4.69) is 13.2 Å². The number of benzene rings is 3. The number of aryl methyl sites for hydroxylation is 2. The molecule has 0 N–H and O–H groups in total. The fraction of sp³-hybridized carbons (Fsp3) is 0.120. The van der Waals surface area contributed by atoms with Gasteiger partial charge in [-0.15, -0.1) is 6.58 Å². The van der Waals surface area contributed by atoms with Crippen LogP contribution < -0.4 is 4.31 Å². The molecule has 0 spiro atoms. The normalized spacial score (nSPS) is 11.1. The number of rotatable bonds is 7. The van der Waals surface area contributed by atoms with E-state index in [-0.39, 0.29) is 11.4 Å². The molecular formula is C25H25NO2S. The van der Waals surface area contributed by atoms with Crippen LogP contribution in [0.4, 0.5) is 5.69 Å². The topological polar surface area (TPSA) is 37.4 Å². The highest BCUT2D eigenvalue weighted by molar-refractivity contribution is 7.92. The number of para-hydroxylation sites is 1. The quantitative estimate of drug-likeness (QED) is 0.471. The lowest BCUT2D eigenvalue weighted by Crippen LogP contribution is -2.32. The molecule has 0 unspecified atom stereocenters.